The van der Waals surface area contributed by atoms with E-state index < -0.39 is 32.4 Å². The molecule has 3 aliphatic rings. The van der Waals surface area contributed by atoms with Crippen LogP contribution < -0.4 is 9.47 Å². The van der Waals surface area contributed by atoms with Gasteiger partial charge in [-0.25, -0.2) is 17.6 Å². The second-order valence-electron chi connectivity index (χ2n) is 8.22. The molecule has 8 nitrogen and oxygen atoms in total. The van der Waals surface area contributed by atoms with Gasteiger partial charge in [0.1, 0.15) is 23.7 Å². The first kappa shape index (κ1) is 20.0. The van der Waals surface area contributed by atoms with Gasteiger partial charge in [0.2, 0.25) is 10.0 Å². The molecule has 0 N–H and O–H groups in total. The number of hydrogen-bond acceptors (Lipinski definition) is 6. The molecule has 0 bridgehead atoms. The molecule has 158 valence electrons. The molecule has 1 amide bonds. The Morgan fingerprint density at radius 1 is 1.07 bits per heavy atom. The maximum absolute atomic E-state index is 14.8. The molecule has 3 aliphatic heterocycles. The van der Waals surface area contributed by atoms with Crippen LogP contribution in [0.1, 0.15) is 20.8 Å². The quantitative estimate of drug-likeness (QED) is 0.674. The van der Waals surface area contributed by atoms with E-state index in [9.17, 15) is 17.6 Å². The Kier molecular flexibility index (Phi) is 4.73. The number of carbonyl (C=O) groups is 1. The van der Waals surface area contributed by atoms with Crippen LogP contribution in [-0.2, 0) is 14.8 Å². The Morgan fingerprint density at radius 2 is 1.69 bits per heavy atom. The van der Waals surface area contributed by atoms with E-state index >= 15 is 0 Å². The lowest BCUT2D eigenvalue weighted by molar-refractivity contribution is 0.0295. The number of sulfonamides is 1. The van der Waals surface area contributed by atoms with Crippen molar-refractivity contribution in [3.8, 4) is 11.5 Å². The third kappa shape index (κ3) is 3.66. The molecule has 4 rings (SSSR count). The number of carbonyl (C=O) groups excluding carboxylic acids is 1. The Hall–Kier alpha value is -2.33. The van der Waals surface area contributed by atoms with Gasteiger partial charge in [0.15, 0.2) is 17.3 Å². The van der Waals surface area contributed by atoms with Gasteiger partial charge in [-0.3, -0.25) is 0 Å². The summed E-state index contributed by atoms with van der Waals surface area (Å²) >= 11 is 0. The van der Waals surface area contributed by atoms with Crippen molar-refractivity contribution in [1.29, 1.82) is 0 Å². The normalized spacial score (nSPS) is 19.5. The highest BCUT2D eigenvalue weighted by Crippen LogP contribution is 2.38. The topological polar surface area (TPSA) is 85.4 Å². The number of nitrogens with zero attached hydrogens (tertiary/aromatic N) is 2. The molecule has 0 aromatic heterocycles. The molecule has 0 radical (unpaired) electrons. The molecule has 1 aromatic rings. The van der Waals surface area contributed by atoms with Gasteiger partial charge in [0.05, 0.1) is 0 Å². The standard InChI is InChI=1S/C19H23FN2O6S/c1-19(2,3)28-18(23)21-8-12-10-22(11-13(12)9-21)29(24,25)15-5-4-14-17(16(15)20)27-7-6-26-14/h4-5H,6-11H2,1-3H3. The SMILES string of the molecule is CC(C)(C)OC(=O)N1CC2=C(C1)CN(S(=O)(=O)c1ccc3c(c1F)OCCO3)C2. The predicted octanol–water partition coefficient (Wildman–Crippen LogP) is 2.15. The highest BCUT2D eigenvalue weighted by Gasteiger charge is 2.40. The fourth-order valence-electron chi connectivity index (χ4n) is 3.57. The fraction of sp³-hybridized carbons (Fsp3) is 0.526. The van der Waals surface area contributed by atoms with Crippen LogP contribution in [0, 0.1) is 5.82 Å². The minimum atomic E-state index is -4.07. The van der Waals surface area contributed by atoms with E-state index in [1.165, 1.54) is 16.4 Å². The molecule has 0 spiro atoms. The number of rotatable bonds is 2. The fourth-order valence-corrected chi connectivity index (χ4v) is 5.06. The van der Waals surface area contributed by atoms with Crippen molar-refractivity contribution >= 4 is 16.1 Å². The first-order chi connectivity index (χ1) is 13.6. The average molecular weight is 426 g/mol. The van der Waals surface area contributed by atoms with Crippen LogP contribution in [0.25, 0.3) is 0 Å². The first-order valence-corrected chi connectivity index (χ1v) is 10.8. The highest BCUT2D eigenvalue weighted by atomic mass is 32.2. The smallest absolute Gasteiger partial charge is 0.410 e. The van der Waals surface area contributed by atoms with Crippen LogP contribution in [0.5, 0.6) is 11.5 Å². The highest BCUT2D eigenvalue weighted by molar-refractivity contribution is 7.89. The second kappa shape index (κ2) is 6.88. The zero-order valence-electron chi connectivity index (χ0n) is 16.5. The van der Waals surface area contributed by atoms with E-state index in [1.54, 1.807) is 25.7 Å². The Morgan fingerprint density at radius 3 is 2.31 bits per heavy atom. The maximum Gasteiger partial charge on any atom is 0.410 e. The molecule has 0 aliphatic carbocycles. The van der Waals surface area contributed by atoms with Crippen LogP contribution in [0.3, 0.4) is 0 Å². The van der Waals surface area contributed by atoms with Crippen LogP contribution in [0.2, 0.25) is 0 Å². The zero-order valence-corrected chi connectivity index (χ0v) is 17.3. The van der Waals surface area contributed by atoms with Crippen molar-refractivity contribution in [3.05, 3.63) is 29.1 Å². The van der Waals surface area contributed by atoms with Crippen LogP contribution in [0.4, 0.5) is 9.18 Å². The predicted molar refractivity (Wildman–Crippen MR) is 101 cm³/mol. The van der Waals surface area contributed by atoms with Crippen LogP contribution in [-0.4, -0.2) is 68.7 Å². The monoisotopic (exact) mass is 426 g/mol. The molecular weight excluding hydrogens is 403 g/mol. The Bertz CT molecular complexity index is 981. The summed E-state index contributed by atoms with van der Waals surface area (Å²) in [5, 5.41) is 0. The third-order valence-corrected chi connectivity index (χ3v) is 6.69. The van der Waals surface area contributed by atoms with Gasteiger partial charge in [-0.15, -0.1) is 0 Å². The molecule has 3 heterocycles. The number of fused-ring (bicyclic) bond motifs is 1. The molecular formula is C19H23FN2O6S. The number of halogens is 1. The van der Waals surface area contributed by atoms with Crippen molar-refractivity contribution in [3.63, 3.8) is 0 Å². The molecule has 0 fully saturated rings. The summed E-state index contributed by atoms with van der Waals surface area (Å²) < 4.78 is 58.0. The van der Waals surface area contributed by atoms with E-state index in [2.05, 4.69) is 0 Å². The summed E-state index contributed by atoms with van der Waals surface area (Å²) in [7, 11) is -4.07. The van der Waals surface area contributed by atoms with Gasteiger partial charge in [-0.1, -0.05) is 0 Å². The van der Waals surface area contributed by atoms with Crippen molar-refractivity contribution in [2.24, 2.45) is 0 Å². The number of amides is 1. The number of benzene rings is 1. The van der Waals surface area contributed by atoms with Gasteiger partial charge in [-0.2, -0.15) is 4.31 Å². The Balaban J connectivity index is 1.48. The van der Waals surface area contributed by atoms with Crippen LogP contribution in [0.15, 0.2) is 28.2 Å². The second-order valence-corrected chi connectivity index (χ2v) is 10.1. The van der Waals surface area contributed by atoms with Crippen molar-refractivity contribution < 1.29 is 31.8 Å². The molecule has 10 heteroatoms. The number of hydrogen-bond donors (Lipinski definition) is 0. The summed E-state index contributed by atoms with van der Waals surface area (Å²) in [5.74, 6) is -0.916. The van der Waals surface area contributed by atoms with E-state index in [0.29, 0.717) is 13.1 Å². The molecule has 1 aromatic carbocycles. The molecule has 29 heavy (non-hydrogen) atoms. The van der Waals surface area contributed by atoms with Gasteiger partial charge < -0.3 is 19.1 Å². The van der Waals surface area contributed by atoms with E-state index in [4.69, 9.17) is 14.2 Å². The van der Waals surface area contributed by atoms with E-state index in [1.807, 2.05) is 0 Å². The largest absolute Gasteiger partial charge is 0.486 e. The summed E-state index contributed by atoms with van der Waals surface area (Å²) in [6, 6.07) is 2.61. The lowest BCUT2D eigenvalue weighted by Gasteiger charge is -2.26. The minimum Gasteiger partial charge on any atom is -0.486 e. The summed E-state index contributed by atoms with van der Waals surface area (Å²) in [6.45, 7) is 6.66. The van der Waals surface area contributed by atoms with Gasteiger partial charge in [-0.05, 0) is 44.1 Å². The van der Waals surface area contributed by atoms with Gasteiger partial charge in [0.25, 0.3) is 0 Å². The lowest BCUT2D eigenvalue weighted by atomic mass is 10.2. The van der Waals surface area contributed by atoms with Crippen LogP contribution >= 0.6 is 0 Å². The van der Waals surface area contributed by atoms with Crippen molar-refractivity contribution in [2.75, 3.05) is 39.4 Å². The van der Waals surface area contributed by atoms with Crippen molar-refractivity contribution in [1.82, 2.24) is 9.21 Å². The van der Waals surface area contributed by atoms with Gasteiger partial charge >= 0.3 is 6.09 Å². The summed E-state index contributed by atoms with van der Waals surface area (Å²) in [6.07, 6.45) is -0.431. The average Bonchev–Trinajstić information content (AvgIpc) is 3.20. The first-order valence-electron chi connectivity index (χ1n) is 9.32. The third-order valence-electron chi connectivity index (χ3n) is 4.88. The Labute approximate surface area is 168 Å². The molecule has 0 unspecified atom stereocenters. The minimum absolute atomic E-state index is 0.116. The maximum atomic E-state index is 14.8. The summed E-state index contributed by atoms with van der Waals surface area (Å²) in [4.78, 5) is 13.4. The summed E-state index contributed by atoms with van der Waals surface area (Å²) in [5.41, 5.74) is 1.09. The van der Waals surface area contributed by atoms with E-state index in [0.717, 1.165) is 11.1 Å². The van der Waals surface area contributed by atoms with Gasteiger partial charge in [0, 0.05) is 26.2 Å². The zero-order chi connectivity index (χ0) is 21.0. The molecule has 0 saturated carbocycles. The lowest BCUT2D eigenvalue weighted by Crippen LogP contribution is -2.39. The molecule has 0 saturated heterocycles. The van der Waals surface area contributed by atoms with E-state index in [-0.39, 0.29) is 37.8 Å². The van der Waals surface area contributed by atoms with Crippen molar-refractivity contribution in [2.45, 2.75) is 31.3 Å². The molecule has 0 atom stereocenters. The number of ether oxygens (including phenoxy) is 3.